The molecule has 26 heavy (non-hydrogen) atoms. The van der Waals surface area contributed by atoms with Crippen LogP contribution in [0.5, 0.6) is 11.5 Å². The highest BCUT2D eigenvalue weighted by molar-refractivity contribution is 9.10. The second kappa shape index (κ2) is 7.05. The van der Waals surface area contributed by atoms with Gasteiger partial charge in [-0.1, -0.05) is 34.1 Å². The number of ketones is 1. The summed E-state index contributed by atoms with van der Waals surface area (Å²) < 4.78 is 17.2. The van der Waals surface area contributed by atoms with E-state index in [1.807, 2.05) is 24.3 Å². The van der Waals surface area contributed by atoms with E-state index in [0.717, 1.165) is 16.5 Å². The first-order valence-corrected chi connectivity index (χ1v) is 9.07. The highest BCUT2D eigenvalue weighted by atomic mass is 79.9. The van der Waals surface area contributed by atoms with Crippen molar-refractivity contribution >= 4 is 33.8 Å². The summed E-state index contributed by atoms with van der Waals surface area (Å²) in [5.74, 6) is 0.322. The molecule has 6 heteroatoms. The Bertz CT molecular complexity index is 912. The van der Waals surface area contributed by atoms with Crippen molar-refractivity contribution in [3.63, 3.8) is 0 Å². The van der Waals surface area contributed by atoms with E-state index in [1.54, 1.807) is 24.3 Å². The van der Waals surface area contributed by atoms with Crippen molar-refractivity contribution in [2.24, 2.45) is 0 Å². The van der Waals surface area contributed by atoms with E-state index in [0.29, 0.717) is 30.1 Å². The van der Waals surface area contributed by atoms with Crippen LogP contribution in [0.2, 0.25) is 0 Å². The maximum atomic E-state index is 12.5. The smallest absolute Gasteiger partial charge is 0.340 e. The van der Waals surface area contributed by atoms with E-state index in [2.05, 4.69) is 15.9 Å². The van der Waals surface area contributed by atoms with Gasteiger partial charge in [0, 0.05) is 17.1 Å². The first-order chi connectivity index (χ1) is 12.6. The molecule has 2 aromatic carbocycles. The molecule has 5 nitrogen and oxygen atoms in total. The van der Waals surface area contributed by atoms with Gasteiger partial charge in [-0.15, -0.1) is 0 Å². The number of hydrogen-bond donors (Lipinski definition) is 0. The van der Waals surface area contributed by atoms with Gasteiger partial charge in [0.1, 0.15) is 11.5 Å². The van der Waals surface area contributed by atoms with Crippen LogP contribution in [0.4, 0.5) is 0 Å². The van der Waals surface area contributed by atoms with Crippen LogP contribution in [0.15, 0.2) is 52.7 Å². The molecule has 0 aliphatic carbocycles. The van der Waals surface area contributed by atoms with Crippen molar-refractivity contribution in [3.05, 3.63) is 63.8 Å². The second-order valence-corrected chi connectivity index (χ2v) is 6.90. The summed E-state index contributed by atoms with van der Waals surface area (Å²) in [5, 5.41) is 0. The van der Waals surface area contributed by atoms with E-state index in [4.69, 9.17) is 14.2 Å². The molecule has 2 heterocycles. The van der Waals surface area contributed by atoms with Crippen LogP contribution in [0.3, 0.4) is 0 Å². The number of carbonyl (C=O) groups is 2. The second-order valence-electron chi connectivity index (χ2n) is 6.04. The average Bonchev–Trinajstić information content (AvgIpc) is 3.26. The van der Waals surface area contributed by atoms with Gasteiger partial charge in [0.05, 0.1) is 5.56 Å². The molecule has 0 N–H and O–H groups in total. The number of rotatable bonds is 3. The Labute approximate surface area is 158 Å². The molecule has 2 aromatic rings. The quantitative estimate of drug-likeness (QED) is 0.428. The van der Waals surface area contributed by atoms with E-state index in [9.17, 15) is 9.59 Å². The first kappa shape index (κ1) is 17.0. The normalized spacial score (nSPS) is 20.1. The standard InChI is InChI=1S/C20H15BrO5/c21-15-5-2-1-4-12(15)10-18-19(22)14-8-7-13(11-17(14)26-18)25-20(23)16-6-3-9-24-16/h1-2,4-5,7-8,10-11,16H,3,6,9H2/b18-10-. The van der Waals surface area contributed by atoms with Gasteiger partial charge in [0.2, 0.25) is 5.78 Å². The topological polar surface area (TPSA) is 61.8 Å². The summed E-state index contributed by atoms with van der Waals surface area (Å²) in [5.41, 5.74) is 1.29. The van der Waals surface area contributed by atoms with Crippen molar-refractivity contribution in [3.8, 4) is 11.5 Å². The number of fused-ring (bicyclic) bond motifs is 1. The van der Waals surface area contributed by atoms with Crippen LogP contribution in [-0.4, -0.2) is 24.5 Å². The fraction of sp³-hybridized carbons (Fsp3) is 0.200. The fourth-order valence-electron chi connectivity index (χ4n) is 2.91. The predicted molar refractivity (Wildman–Crippen MR) is 98.1 cm³/mol. The Hall–Kier alpha value is -2.44. The zero-order valence-corrected chi connectivity index (χ0v) is 15.3. The van der Waals surface area contributed by atoms with Gasteiger partial charge in [-0.05, 0) is 42.7 Å². The van der Waals surface area contributed by atoms with Gasteiger partial charge >= 0.3 is 5.97 Å². The molecule has 0 aromatic heterocycles. The Kier molecular flexibility index (Phi) is 4.61. The van der Waals surface area contributed by atoms with Crippen molar-refractivity contribution in [1.29, 1.82) is 0 Å². The summed E-state index contributed by atoms with van der Waals surface area (Å²) in [4.78, 5) is 24.6. The molecule has 0 amide bonds. The lowest BCUT2D eigenvalue weighted by Gasteiger charge is -2.09. The number of halogens is 1. The number of hydrogen-bond acceptors (Lipinski definition) is 5. The molecule has 1 unspecified atom stereocenters. The molecule has 1 atom stereocenters. The molecule has 1 saturated heterocycles. The van der Waals surface area contributed by atoms with Crippen LogP contribution in [0.25, 0.3) is 6.08 Å². The monoisotopic (exact) mass is 414 g/mol. The van der Waals surface area contributed by atoms with Crippen LogP contribution in [0, 0.1) is 0 Å². The van der Waals surface area contributed by atoms with Crippen molar-refractivity contribution in [2.45, 2.75) is 18.9 Å². The highest BCUT2D eigenvalue weighted by Crippen LogP contribution is 2.35. The zero-order chi connectivity index (χ0) is 18.1. The summed E-state index contributed by atoms with van der Waals surface area (Å²) in [6, 6.07) is 12.3. The summed E-state index contributed by atoms with van der Waals surface area (Å²) in [6.45, 7) is 0.574. The van der Waals surface area contributed by atoms with Gasteiger partial charge in [-0.2, -0.15) is 0 Å². The molecular weight excluding hydrogens is 400 g/mol. The molecule has 0 saturated carbocycles. The van der Waals surface area contributed by atoms with Crippen LogP contribution >= 0.6 is 15.9 Å². The number of benzene rings is 2. The highest BCUT2D eigenvalue weighted by Gasteiger charge is 2.29. The Morgan fingerprint density at radius 3 is 2.85 bits per heavy atom. The van der Waals surface area contributed by atoms with Gasteiger partial charge in [-0.25, -0.2) is 4.79 Å². The lowest BCUT2D eigenvalue weighted by molar-refractivity contribution is -0.144. The molecule has 0 radical (unpaired) electrons. The molecule has 1 fully saturated rings. The largest absolute Gasteiger partial charge is 0.452 e. The number of esters is 1. The summed E-state index contributed by atoms with van der Waals surface area (Å²) >= 11 is 3.45. The van der Waals surface area contributed by atoms with Crippen LogP contribution < -0.4 is 9.47 Å². The van der Waals surface area contributed by atoms with E-state index in [1.165, 1.54) is 0 Å². The maximum Gasteiger partial charge on any atom is 0.340 e. The molecule has 0 spiro atoms. The lowest BCUT2D eigenvalue weighted by atomic mass is 10.1. The van der Waals surface area contributed by atoms with Crippen LogP contribution in [-0.2, 0) is 9.53 Å². The van der Waals surface area contributed by atoms with Gasteiger partial charge < -0.3 is 14.2 Å². The minimum absolute atomic E-state index is 0.201. The van der Waals surface area contributed by atoms with Crippen molar-refractivity contribution < 1.29 is 23.8 Å². The van der Waals surface area contributed by atoms with Gasteiger partial charge in [0.15, 0.2) is 11.9 Å². The fourth-order valence-corrected chi connectivity index (χ4v) is 3.31. The number of carbonyl (C=O) groups excluding carboxylic acids is 2. The number of ether oxygens (including phenoxy) is 3. The lowest BCUT2D eigenvalue weighted by Crippen LogP contribution is -2.24. The van der Waals surface area contributed by atoms with Gasteiger partial charge in [0.25, 0.3) is 0 Å². The SMILES string of the molecule is O=C1/C(=C/c2ccccc2Br)Oc2cc(OC(=O)C3CCCO3)ccc21. The van der Waals surface area contributed by atoms with E-state index < -0.39 is 12.1 Å². The molecule has 2 aliphatic heterocycles. The predicted octanol–water partition coefficient (Wildman–Crippen LogP) is 4.15. The van der Waals surface area contributed by atoms with Crippen molar-refractivity contribution in [1.82, 2.24) is 0 Å². The Balaban J connectivity index is 1.55. The first-order valence-electron chi connectivity index (χ1n) is 8.28. The van der Waals surface area contributed by atoms with E-state index >= 15 is 0 Å². The third-order valence-electron chi connectivity index (χ3n) is 4.24. The molecule has 132 valence electrons. The molecular formula is C20H15BrO5. The Morgan fingerprint density at radius 2 is 2.08 bits per heavy atom. The zero-order valence-electron chi connectivity index (χ0n) is 13.7. The molecule has 2 aliphatic rings. The molecule has 4 rings (SSSR count). The maximum absolute atomic E-state index is 12.5. The van der Waals surface area contributed by atoms with Gasteiger partial charge in [-0.3, -0.25) is 4.79 Å². The minimum Gasteiger partial charge on any atom is -0.452 e. The molecule has 0 bridgehead atoms. The Morgan fingerprint density at radius 1 is 1.23 bits per heavy atom. The minimum atomic E-state index is -0.517. The third kappa shape index (κ3) is 3.30. The third-order valence-corrected chi connectivity index (χ3v) is 4.97. The van der Waals surface area contributed by atoms with Crippen molar-refractivity contribution in [2.75, 3.05) is 6.61 Å². The average molecular weight is 415 g/mol. The van der Waals surface area contributed by atoms with E-state index in [-0.39, 0.29) is 11.5 Å². The number of allylic oxidation sites excluding steroid dienone is 1. The summed E-state index contributed by atoms with van der Waals surface area (Å²) in [6.07, 6.45) is 2.68. The number of Topliss-reactive ketones (excluding diaryl/α,β-unsaturated/α-hetero) is 1. The van der Waals surface area contributed by atoms with Crippen LogP contribution in [0.1, 0.15) is 28.8 Å². The summed E-state index contributed by atoms with van der Waals surface area (Å²) in [7, 11) is 0.